The number of fused-ring (bicyclic) bond motifs is 1. The van der Waals surface area contributed by atoms with Crippen molar-refractivity contribution < 1.29 is 17.7 Å². The monoisotopic (exact) mass is 508 g/mol. The van der Waals surface area contributed by atoms with Crippen molar-refractivity contribution in [2.24, 2.45) is 0 Å². The first kappa shape index (κ1) is 20.6. The summed E-state index contributed by atoms with van der Waals surface area (Å²) in [6.45, 7) is 0. The highest BCUT2D eigenvalue weighted by molar-refractivity contribution is 9.10. The first-order valence-electron chi connectivity index (χ1n) is 8.61. The van der Waals surface area contributed by atoms with Crippen molar-refractivity contribution >= 4 is 48.3 Å². The van der Waals surface area contributed by atoms with Crippen LogP contribution in [0.5, 0.6) is 5.75 Å². The van der Waals surface area contributed by atoms with Gasteiger partial charge in [0.25, 0.3) is 5.56 Å². The van der Waals surface area contributed by atoms with Gasteiger partial charge in [0.2, 0.25) is 0 Å². The number of benzene rings is 2. The topological polar surface area (TPSA) is 91.4 Å². The van der Waals surface area contributed by atoms with E-state index in [0.29, 0.717) is 37.5 Å². The van der Waals surface area contributed by atoms with Gasteiger partial charge in [-0.25, -0.2) is 8.42 Å². The summed E-state index contributed by atoms with van der Waals surface area (Å²) in [6, 6.07) is 12.3. The number of halogens is 2. The summed E-state index contributed by atoms with van der Waals surface area (Å²) >= 11 is 9.58. The van der Waals surface area contributed by atoms with Gasteiger partial charge in [0.1, 0.15) is 17.8 Å². The number of hydrogen-bond donors (Lipinski definition) is 0. The second kappa shape index (κ2) is 7.90. The molecular weight excluding hydrogens is 496 g/mol. The molecule has 4 rings (SSSR count). The Morgan fingerprint density at radius 3 is 2.67 bits per heavy atom. The van der Waals surface area contributed by atoms with Crippen LogP contribution in [-0.2, 0) is 15.6 Å². The lowest BCUT2D eigenvalue weighted by Gasteiger charge is -2.15. The normalized spacial score (nSPS) is 11.7. The zero-order valence-electron chi connectivity index (χ0n) is 15.5. The molecule has 0 atom stereocenters. The molecule has 0 N–H and O–H groups in total. The molecule has 0 amide bonds. The zero-order chi connectivity index (χ0) is 21.5. The van der Waals surface area contributed by atoms with Gasteiger partial charge >= 0.3 is 0 Å². The highest BCUT2D eigenvalue weighted by Crippen LogP contribution is 2.34. The van der Waals surface area contributed by atoms with Crippen molar-refractivity contribution in [3.8, 4) is 11.4 Å². The van der Waals surface area contributed by atoms with Crippen molar-refractivity contribution in [3.05, 3.63) is 80.3 Å². The minimum atomic E-state index is -3.65. The molecule has 30 heavy (non-hydrogen) atoms. The van der Waals surface area contributed by atoms with Crippen LogP contribution in [0.3, 0.4) is 0 Å². The van der Waals surface area contributed by atoms with Gasteiger partial charge in [-0.05, 0) is 52.3 Å². The molecule has 0 saturated carbocycles. The number of nitrogens with zero attached hydrogens (tertiary/aromatic N) is 2. The number of aromatic nitrogens is 2. The van der Waals surface area contributed by atoms with Gasteiger partial charge in [-0.2, -0.15) is 0 Å². The quantitative estimate of drug-likeness (QED) is 0.397. The molecule has 0 saturated heterocycles. The second-order valence-corrected chi connectivity index (χ2v) is 9.67. The molecule has 2 heterocycles. The van der Waals surface area contributed by atoms with Gasteiger partial charge in [0.15, 0.2) is 9.84 Å². The summed E-state index contributed by atoms with van der Waals surface area (Å²) in [7, 11) is -2.16. The molecule has 0 aliphatic heterocycles. The Balaban J connectivity index is 1.89. The molecule has 10 heteroatoms. The summed E-state index contributed by atoms with van der Waals surface area (Å²) in [5.74, 6) is 0.147. The smallest absolute Gasteiger partial charge is 0.255 e. The molecule has 2 aromatic heterocycles. The molecule has 0 radical (unpaired) electrons. The minimum Gasteiger partial charge on any atom is -0.495 e. The standard InChI is InChI=1S/C20H14BrClN2O5S/c1-28-19-9-15(21)16(22)10-18(19)24-17-4-3-14(8-12(17)2-5-20(24)25)30(26,27)11-13-6-7-29-23-13/h2-10H,11H2,1H3. The Hall–Kier alpha value is -2.62. The van der Waals surface area contributed by atoms with Crippen molar-refractivity contribution in [2.75, 3.05) is 7.11 Å². The van der Waals surface area contributed by atoms with Crippen molar-refractivity contribution in [3.63, 3.8) is 0 Å². The van der Waals surface area contributed by atoms with E-state index in [2.05, 4.69) is 21.1 Å². The van der Waals surface area contributed by atoms with Crippen molar-refractivity contribution in [2.45, 2.75) is 10.6 Å². The first-order chi connectivity index (χ1) is 14.3. The van der Waals surface area contributed by atoms with Gasteiger partial charge < -0.3 is 9.26 Å². The highest BCUT2D eigenvalue weighted by atomic mass is 79.9. The number of rotatable bonds is 5. The Labute approximate surface area is 184 Å². The van der Waals surface area contributed by atoms with Gasteiger partial charge in [0, 0.05) is 22.0 Å². The molecular formula is C20H14BrClN2O5S. The van der Waals surface area contributed by atoms with E-state index in [1.165, 1.54) is 42.2 Å². The SMILES string of the molecule is COc1cc(Br)c(Cl)cc1-n1c(=O)ccc2cc(S(=O)(=O)Cc3ccon3)ccc21. The molecule has 0 fully saturated rings. The van der Waals surface area contributed by atoms with E-state index in [0.717, 1.165) is 0 Å². The van der Waals surface area contributed by atoms with Gasteiger partial charge in [-0.3, -0.25) is 9.36 Å². The molecule has 0 unspecified atom stereocenters. The summed E-state index contributed by atoms with van der Waals surface area (Å²) in [5.41, 5.74) is 0.964. The highest BCUT2D eigenvalue weighted by Gasteiger charge is 2.19. The Morgan fingerprint density at radius 1 is 1.17 bits per heavy atom. The van der Waals surface area contributed by atoms with Crippen LogP contribution in [0.15, 0.2) is 73.5 Å². The summed E-state index contributed by atoms with van der Waals surface area (Å²) in [4.78, 5) is 12.8. The molecule has 0 bridgehead atoms. The molecule has 154 valence electrons. The van der Waals surface area contributed by atoms with Crippen molar-refractivity contribution in [1.29, 1.82) is 0 Å². The van der Waals surface area contributed by atoms with E-state index >= 15 is 0 Å². The van der Waals surface area contributed by atoms with E-state index in [1.807, 2.05) is 0 Å². The van der Waals surface area contributed by atoms with E-state index in [1.54, 1.807) is 24.3 Å². The second-order valence-electron chi connectivity index (χ2n) is 6.42. The average molecular weight is 510 g/mol. The van der Waals surface area contributed by atoms with Crippen LogP contribution in [0.25, 0.3) is 16.6 Å². The Bertz CT molecular complexity index is 1420. The van der Waals surface area contributed by atoms with Gasteiger partial charge in [0.05, 0.1) is 33.9 Å². The summed E-state index contributed by atoms with van der Waals surface area (Å²) < 4.78 is 37.7. The third-order valence-electron chi connectivity index (χ3n) is 4.52. The number of pyridine rings is 1. The summed E-state index contributed by atoms with van der Waals surface area (Å²) in [5, 5.41) is 4.63. The van der Waals surface area contributed by atoms with Gasteiger partial charge in [-0.15, -0.1) is 0 Å². The number of sulfone groups is 1. The fourth-order valence-corrected chi connectivity index (χ4v) is 4.88. The predicted molar refractivity (Wildman–Crippen MR) is 116 cm³/mol. The van der Waals surface area contributed by atoms with Crippen LogP contribution in [-0.4, -0.2) is 25.3 Å². The Morgan fingerprint density at radius 2 is 1.97 bits per heavy atom. The fraction of sp³-hybridized carbons (Fsp3) is 0.100. The molecule has 0 spiro atoms. The van der Waals surface area contributed by atoms with Crippen LogP contribution >= 0.6 is 27.5 Å². The van der Waals surface area contributed by atoms with Crippen LogP contribution in [0, 0.1) is 0 Å². The summed E-state index contributed by atoms with van der Waals surface area (Å²) in [6.07, 6.45) is 1.32. The first-order valence-corrected chi connectivity index (χ1v) is 11.4. The number of methoxy groups -OCH3 is 1. The molecule has 4 aromatic rings. The maximum Gasteiger partial charge on any atom is 0.255 e. The maximum absolute atomic E-state index is 12.8. The average Bonchev–Trinajstić information content (AvgIpc) is 3.21. The Kier molecular flexibility index (Phi) is 5.44. The molecule has 0 aliphatic rings. The van der Waals surface area contributed by atoms with Crippen LogP contribution in [0.2, 0.25) is 5.02 Å². The fourth-order valence-electron chi connectivity index (χ4n) is 3.11. The van der Waals surface area contributed by atoms with Crippen LogP contribution in [0.1, 0.15) is 5.69 Å². The van der Waals surface area contributed by atoms with Crippen LogP contribution < -0.4 is 10.3 Å². The van der Waals surface area contributed by atoms with Gasteiger partial charge in [-0.1, -0.05) is 16.8 Å². The van der Waals surface area contributed by atoms with E-state index in [9.17, 15) is 13.2 Å². The lowest BCUT2D eigenvalue weighted by molar-refractivity contribution is 0.412. The third-order valence-corrected chi connectivity index (χ3v) is 7.36. The van der Waals surface area contributed by atoms with E-state index in [-0.39, 0.29) is 16.2 Å². The van der Waals surface area contributed by atoms with E-state index < -0.39 is 9.84 Å². The lowest BCUT2D eigenvalue weighted by atomic mass is 10.2. The van der Waals surface area contributed by atoms with E-state index in [4.69, 9.17) is 20.9 Å². The molecule has 2 aromatic carbocycles. The molecule has 7 nitrogen and oxygen atoms in total. The largest absolute Gasteiger partial charge is 0.495 e. The maximum atomic E-state index is 12.8. The lowest BCUT2D eigenvalue weighted by Crippen LogP contribution is -2.18. The third kappa shape index (κ3) is 3.76. The minimum absolute atomic E-state index is 0.115. The van der Waals surface area contributed by atoms with Crippen LogP contribution in [0.4, 0.5) is 0 Å². The number of hydrogen-bond acceptors (Lipinski definition) is 6. The molecule has 0 aliphatic carbocycles. The predicted octanol–water partition coefficient (Wildman–Crippen LogP) is 4.38. The zero-order valence-corrected chi connectivity index (χ0v) is 18.7. The van der Waals surface area contributed by atoms with Crippen molar-refractivity contribution in [1.82, 2.24) is 9.72 Å². The number of ether oxygens (including phenoxy) is 1.